The van der Waals surface area contributed by atoms with Crippen molar-refractivity contribution in [3.05, 3.63) is 22.4 Å². The van der Waals surface area contributed by atoms with Gasteiger partial charge < -0.3 is 4.90 Å². The minimum Gasteiger partial charge on any atom is -0.336 e. The zero-order valence-electron chi connectivity index (χ0n) is 10.6. The van der Waals surface area contributed by atoms with Crippen LogP contribution in [0.15, 0.2) is 17.5 Å². The maximum Gasteiger partial charge on any atom is 0.243 e. The lowest BCUT2D eigenvalue weighted by Crippen LogP contribution is -2.40. The molecule has 0 fully saturated rings. The predicted octanol–water partition coefficient (Wildman–Crippen LogP) is 3.04. The molecular weight excluding hydrogens is 232 g/mol. The second-order valence-electron chi connectivity index (χ2n) is 4.20. The van der Waals surface area contributed by atoms with Gasteiger partial charge in [0.1, 0.15) is 5.41 Å². The Morgan fingerprint density at radius 2 is 2.29 bits per heavy atom. The Kier molecular flexibility index (Phi) is 4.71. The van der Waals surface area contributed by atoms with Gasteiger partial charge in [0.05, 0.1) is 12.6 Å². The Labute approximate surface area is 107 Å². The molecule has 0 radical (unpaired) electrons. The van der Waals surface area contributed by atoms with Crippen LogP contribution in [0.25, 0.3) is 0 Å². The molecule has 1 unspecified atom stereocenters. The highest BCUT2D eigenvalue weighted by Crippen LogP contribution is 2.24. The van der Waals surface area contributed by atoms with Gasteiger partial charge in [0.15, 0.2) is 0 Å². The van der Waals surface area contributed by atoms with Gasteiger partial charge in [-0.15, -0.1) is 11.3 Å². The Morgan fingerprint density at radius 1 is 1.59 bits per heavy atom. The van der Waals surface area contributed by atoms with E-state index in [0.717, 1.165) is 4.88 Å². The summed E-state index contributed by atoms with van der Waals surface area (Å²) in [6.07, 6.45) is 0.545. The molecule has 0 aromatic carbocycles. The van der Waals surface area contributed by atoms with E-state index in [1.54, 1.807) is 23.2 Å². The Hall–Kier alpha value is -1.34. The standard InChI is InChI=1S/C13H18N2OS/c1-4-13(3,10-14)12(16)15(5-2)9-11-7-6-8-17-11/h6-8H,4-5,9H2,1-3H3. The van der Waals surface area contributed by atoms with Crippen molar-refractivity contribution >= 4 is 17.2 Å². The van der Waals surface area contributed by atoms with Gasteiger partial charge in [-0.1, -0.05) is 13.0 Å². The quantitative estimate of drug-likeness (QED) is 0.806. The summed E-state index contributed by atoms with van der Waals surface area (Å²) in [4.78, 5) is 15.2. The van der Waals surface area contributed by atoms with Crippen LogP contribution < -0.4 is 0 Å². The second kappa shape index (κ2) is 5.83. The lowest BCUT2D eigenvalue weighted by Gasteiger charge is -2.28. The predicted molar refractivity (Wildman–Crippen MR) is 69.4 cm³/mol. The van der Waals surface area contributed by atoms with Gasteiger partial charge in [-0.3, -0.25) is 4.79 Å². The number of hydrogen-bond acceptors (Lipinski definition) is 3. The Balaban J connectivity index is 2.81. The maximum absolute atomic E-state index is 12.3. The first-order chi connectivity index (χ1) is 8.07. The second-order valence-corrected chi connectivity index (χ2v) is 5.23. The summed E-state index contributed by atoms with van der Waals surface area (Å²) in [5, 5.41) is 11.1. The number of rotatable bonds is 5. The Morgan fingerprint density at radius 3 is 2.71 bits per heavy atom. The Bertz CT molecular complexity index is 408. The maximum atomic E-state index is 12.3. The fourth-order valence-corrected chi connectivity index (χ4v) is 2.26. The van der Waals surface area contributed by atoms with E-state index >= 15 is 0 Å². The number of nitrogens with zero attached hydrogens (tertiary/aromatic N) is 2. The zero-order valence-corrected chi connectivity index (χ0v) is 11.4. The smallest absolute Gasteiger partial charge is 0.243 e. The fourth-order valence-electron chi connectivity index (χ4n) is 1.54. The highest BCUT2D eigenvalue weighted by atomic mass is 32.1. The number of nitriles is 1. The molecule has 0 aliphatic rings. The van der Waals surface area contributed by atoms with Crippen LogP contribution in [-0.4, -0.2) is 17.4 Å². The average molecular weight is 250 g/mol. The third-order valence-electron chi connectivity index (χ3n) is 3.02. The molecule has 0 spiro atoms. The van der Waals surface area contributed by atoms with Crippen LogP contribution in [0.3, 0.4) is 0 Å². The molecule has 0 N–H and O–H groups in total. The van der Waals surface area contributed by atoms with Crippen molar-refractivity contribution in [2.24, 2.45) is 5.41 Å². The molecule has 1 aromatic rings. The summed E-state index contributed by atoms with van der Waals surface area (Å²) < 4.78 is 0. The summed E-state index contributed by atoms with van der Waals surface area (Å²) >= 11 is 1.63. The van der Waals surface area contributed by atoms with Crippen molar-refractivity contribution in [1.29, 1.82) is 5.26 Å². The topological polar surface area (TPSA) is 44.1 Å². The monoisotopic (exact) mass is 250 g/mol. The normalized spacial score (nSPS) is 13.8. The molecular formula is C13H18N2OS. The van der Waals surface area contributed by atoms with E-state index in [4.69, 9.17) is 5.26 Å². The minimum atomic E-state index is -0.896. The van der Waals surface area contributed by atoms with E-state index in [0.29, 0.717) is 19.5 Å². The highest BCUT2D eigenvalue weighted by Gasteiger charge is 2.34. The van der Waals surface area contributed by atoms with Crippen LogP contribution in [0.1, 0.15) is 32.1 Å². The molecule has 3 nitrogen and oxygen atoms in total. The molecule has 0 saturated carbocycles. The third kappa shape index (κ3) is 3.07. The highest BCUT2D eigenvalue weighted by molar-refractivity contribution is 7.09. The SMILES string of the molecule is CCN(Cc1cccs1)C(=O)C(C)(C#N)CC. The van der Waals surface area contributed by atoms with E-state index in [1.165, 1.54) is 0 Å². The largest absolute Gasteiger partial charge is 0.336 e. The minimum absolute atomic E-state index is 0.0709. The molecule has 1 rings (SSSR count). The van der Waals surface area contributed by atoms with E-state index in [2.05, 4.69) is 6.07 Å². The zero-order chi connectivity index (χ0) is 12.9. The van der Waals surface area contributed by atoms with Crippen molar-refractivity contribution in [2.75, 3.05) is 6.54 Å². The van der Waals surface area contributed by atoms with Crippen molar-refractivity contribution < 1.29 is 4.79 Å². The molecule has 1 atom stereocenters. The van der Waals surface area contributed by atoms with Crippen LogP contribution in [-0.2, 0) is 11.3 Å². The van der Waals surface area contributed by atoms with Crippen molar-refractivity contribution in [3.8, 4) is 6.07 Å². The van der Waals surface area contributed by atoms with Gasteiger partial charge in [0, 0.05) is 11.4 Å². The van der Waals surface area contributed by atoms with E-state index < -0.39 is 5.41 Å². The first-order valence-electron chi connectivity index (χ1n) is 5.80. The first kappa shape index (κ1) is 13.7. The number of thiophene rings is 1. The molecule has 1 aromatic heterocycles. The molecule has 0 saturated heterocycles. The summed E-state index contributed by atoms with van der Waals surface area (Å²) in [6.45, 7) is 6.77. The molecule has 1 amide bonds. The van der Waals surface area contributed by atoms with Crippen LogP contribution in [0.2, 0.25) is 0 Å². The van der Waals surface area contributed by atoms with E-state index in [9.17, 15) is 4.79 Å². The summed E-state index contributed by atoms with van der Waals surface area (Å²) in [5.74, 6) is -0.0709. The lowest BCUT2D eigenvalue weighted by molar-refractivity contribution is -0.138. The lowest BCUT2D eigenvalue weighted by atomic mass is 9.87. The summed E-state index contributed by atoms with van der Waals surface area (Å²) in [6, 6.07) is 6.12. The van der Waals surface area contributed by atoms with Crippen LogP contribution in [0.4, 0.5) is 0 Å². The molecule has 1 heterocycles. The van der Waals surface area contributed by atoms with Gasteiger partial charge in [-0.2, -0.15) is 5.26 Å². The summed E-state index contributed by atoms with van der Waals surface area (Å²) in [7, 11) is 0. The number of hydrogen-bond donors (Lipinski definition) is 0. The van der Waals surface area contributed by atoms with Gasteiger partial charge >= 0.3 is 0 Å². The van der Waals surface area contributed by atoms with Crippen LogP contribution in [0, 0.1) is 16.7 Å². The van der Waals surface area contributed by atoms with Crippen molar-refractivity contribution in [2.45, 2.75) is 33.7 Å². The van der Waals surface area contributed by atoms with Crippen molar-refractivity contribution in [1.82, 2.24) is 4.90 Å². The molecule has 0 aliphatic carbocycles. The van der Waals surface area contributed by atoms with E-state index in [-0.39, 0.29) is 5.91 Å². The van der Waals surface area contributed by atoms with Crippen LogP contribution >= 0.6 is 11.3 Å². The molecule has 0 aliphatic heterocycles. The number of amides is 1. The summed E-state index contributed by atoms with van der Waals surface area (Å²) in [5.41, 5.74) is -0.896. The number of carbonyl (C=O) groups excluding carboxylic acids is 1. The van der Waals surface area contributed by atoms with E-state index in [1.807, 2.05) is 31.4 Å². The molecule has 4 heteroatoms. The average Bonchev–Trinajstić information content (AvgIpc) is 2.87. The molecule has 92 valence electrons. The van der Waals surface area contributed by atoms with Crippen LogP contribution in [0.5, 0.6) is 0 Å². The van der Waals surface area contributed by atoms with Gasteiger partial charge in [-0.05, 0) is 31.7 Å². The third-order valence-corrected chi connectivity index (χ3v) is 3.88. The number of carbonyl (C=O) groups is 1. The van der Waals surface area contributed by atoms with Gasteiger partial charge in [0.25, 0.3) is 0 Å². The fraction of sp³-hybridized carbons (Fsp3) is 0.538. The molecule has 0 bridgehead atoms. The van der Waals surface area contributed by atoms with Gasteiger partial charge in [0.2, 0.25) is 5.91 Å². The molecule has 17 heavy (non-hydrogen) atoms. The first-order valence-corrected chi connectivity index (χ1v) is 6.68. The van der Waals surface area contributed by atoms with Gasteiger partial charge in [-0.25, -0.2) is 0 Å². The van der Waals surface area contributed by atoms with Crippen molar-refractivity contribution in [3.63, 3.8) is 0 Å².